The second-order valence-corrected chi connectivity index (χ2v) is 3.24. The largest absolute Gasteiger partial charge is 0.0973 e. The Balaban J connectivity index is 2.20. The molecule has 0 saturated heterocycles. The average Bonchev–Trinajstić information content (AvgIpc) is 2.48. The maximum Gasteiger partial charge on any atom is -0.000703 e. The lowest BCUT2D eigenvalue weighted by Crippen LogP contribution is -1.59. The van der Waals surface area contributed by atoms with Gasteiger partial charge in [-0.2, -0.15) is 0 Å². The predicted octanol–water partition coefficient (Wildman–Crippen LogP) is 3.15. The standard InChI is InChI=1S/C7H12S/c1-3-5-7-6(4-2)8-7/h3-5H2,1-2H3. The Hall–Kier alpha value is 0.0900. The lowest BCUT2D eigenvalue weighted by molar-refractivity contribution is 0.949. The van der Waals surface area contributed by atoms with Crippen LogP contribution in [0.4, 0.5) is 0 Å². The summed E-state index contributed by atoms with van der Waals surface area (Å²) in [5.41, 5.74) is 0. The number of allylic oxidation sites excluding steroid dienone is 2. The third-order valence-corrected chi connectivity index (χ3v) is 2.59. The summed E-state index contributed by atoms with van der Waals surface area (Å²) >= 11 is 1.99. The molecule has 46 valence electrons. The summed E-state index contributed by atoms with van der Waals surface area (Å²) in [6.07, 6.45) is 3.90. The second-order valence-electron chi connectivity index (χ2n) is 2.05. The van der Waals surface area contributed by atoms with E-state index in [1.54, 1.807) is 9.81 Å². The summed E-state index contributed by atoms with van der Waals surface area (Å²) in [5.74, 6) is 0. The fourth-order valence-electron chi connectivity index (χ4n) is 0.810. The Labute approximate surface area is 55.4 Å². The van der Waals surface area contributed by atoms with E-state index >= 15 is 0 Å². The zero-order valence-corrected chi connectivity index (χ0v) is 6.35. The molecule has 8 heavy (non-hydrogen) atoms. The summed E-state index contributed by atoms with van der Waals surface area (Å²) in [4.78, 5) is 3.31. The van der Waals surface area contributed by atoms with Crippen LogP contribution in [0.2, 0.25) is 0 Å². The van der Waals surface area contributed by atoms with Crippen LogP contribution in [0.15, 0.2) is 9.81 Å². The first-order valence-electron chi connectivity index (χ1n) is 3.28. The molecule has 0 spiro atoms. The molecule has 0 radical (unpaired) electrons. The highest BCUT2D eigenvalue weighted by Crippen LogP contribution is 2.49. The Morgan fingerprint density at radius 2 is 2.00 bits per heavy atom. The molecule has 0 aliphatic carbocycles. The van der Waals surface area contributed by atoms with Crippen molar-refractivity contribution in [2.24, 2.45) is 0 Å². The van der Waals surface area contributed by atoms with E-state index in [-0.39, 0.29) is 0 Å². The highest BCUT2D eigenvalue weighted by Gasteiger charge is 2.18. The predicted molar refractivity (Wildman–Crippen MR) is 39.8 cm³/mol. The maximum atomic E-state index is 2.24. The van der Waals surface area contributed by atoms with Gasteiger partial charge in [0.05, 0.1) is 0 Å². The lowest BCUT2D eigenvalue weighted by Gasteiger charge is -1.77. The Morgan fingerprint density at radius 3 is 2.38 bits per heavy atom. The molecule has 0 saturated carbocycles. The zero-order valence-electron chi connectivity index (χ0n) is 5.53. The highest BCUT2D eigenvalue weighted by atomic mass is 32.2. The van der Waals surface area contributed by atoms with Gasteiger partial charge in [0.25, 0.3) is 0 Å². The van der Waals surface area contributed by atoms with Crippen LogP contribution < -0.4 is 0 Å². The van der Waals surface area contributed by atoms with Gasteiger partial charge in [-0.15, -0.1) is 0 Å². The molecule has 0 unspecified atom stereocenters. The molecule has 1 aliphatic rings. The van der Waals surface area contributed by atoms with E-state index in [0.717, 1.165) is 0 Å². The molecule has 0 aromatic rings. The molecule has 0 amide bonds. The summed E-state index contributed by atoms with van der Waals surface area (Å²) in [5, 5.41) is 0. The molecule has 0 aromatic carbocycles. The fraction of sp³-hybridized carbons (Fsp3) is 0.714. The van der Waals surface area contributed by atoms with Crippen LogP contribution in [-0.2, 0) is 0 Å². The molecule has 1 rings (SSSR count). The monoisotopic (exact) mass is 128 g/mol. The molecule has 0 fully saturated rings. The number of thioether (sulfide) groups is 1. The fourth-order valence-corrected chi connectivity index (χ4v) is 1.75. The third kappa shape index (κ3) is 1.28. The average molecular weight is 128 g/mol. The summed E-state index contributed by atoms with van der Waals surface area (Å²) in [7, 11) is 0. The van der Waals surface area contributed by atoms with Crippen LogP contribution in [0.1, 0.15) is 33.1 Å². The minimum Gasteiger partial charge on any atom is -0.0973 e. The van der Waals surface area contributed by atoms with Crippen molar-refractivity contribution in [2.45, 2.75) is 33.1 Å². The Kier molecular flexibility index (Phi) is 2.01. The van der Waals surface area contributed by atoms with Crippen molar-refractivity contribution in [2.75, 3.05) is 0 Å². The zero-order chi connectivity index (χ0) is 5.98. The number of hydrogen-bond donors (Lipinski definition) is 0. The van der Waals surface area contributed by atoms with E-state index in [9.17, 15) is 0 Å². The van der Waals surface area contributed by atoms with Crippen LogP contribution in [0.3, 0.4) is 0 Å². The van der Waals surface area contributed by atoms with Gasteiger partial charge in [0.1, 0.15) is 0 Å². The molecule has 0 N–H and O–H groups in total. The van der Waals surface area contributed by atoms with Crippen molar-refractivity contribution < 1.29 is 0 Å². The van der Waals surface area contributed by atoms with Crippen molar-refractivity contribution in [3.8, 4) is 0 Å². The van der Waals surface area contributed by atoms with Crippen LogP contribution in [0.25, 0.3) is 0 Å². The van der Waals surface area contributed by atoms with E-state index in [2.05, 4.69) is 13.8 Å². The SMILES string of the molecule is CCCC1=C(CC)S1. The van der Waals surface area contributed by atoms with Gasteiger partial charge in [0.15, 0.2) is 0 Å². The molecule has 1 heterocycles. The first kappa shape index (κ1) is 6.21. The van der Waals surface area contributed by atoms with E-state index in [0.29, 0.717) is 0 Å². The Morgan fingerprint density at radius 1 is 1.25 bits per heavy atom. The second kappa shape index (κ2) is 2.58. The number of rotatable bonds is 3. The molecular formula is C7H12S. The van der Waals surface area contributed by atoms with Crippen LogP contribution in [-0.4, -0.2) is 0 Å². The summed E-state index contributed by atoms with van der Waals surface area (Å²) in [6, 6.07) is 0. The van der Waals surface area contributed by atoms with E-state index < -0.39 is 0 Å². The van der Waals surface area contributed by atoms with E-state index in [1.165, 1.54) is 19.3 Å². The van der Waals surface area contributed by atoms with Gasteiger partial charge in [-0.25, -0.2) is 0 Å². The summed E-state index contributed by atoms with van der Waals surface area (Å²) < 4.78 is 0. The van der Waals surface area contributed by atoms with Gasteiger partial charge in [0.2, 0.25) is 0 Å². The Bertz CT molecular complexity index is 114. The number of hydrogen-bond acceptors (Lipinski definition) is 1. The van der Waals surface area contributed by atoms with Gasteiger partial charge in [0, 0.05) is 0 Å². The van der Waals surface area contributed by atoms with Crippen LogP contribution >= 0.6 is 11.8 Å². The van der Waals surface area contributed by atoms with E-state index in [1.807, 2.05) is 11.8 Å². The maximum absolute atomic E-state index is 2.24. The first-order chi connectivity index (χ1) is 3.88. The molecule has 1 heteroatoms. The van der Waals surface area contributed by atoms with Crippen molar-refractivity contribution in [3.63, 3.8) is 0 Å². The third-order valence-electron chi connectivity index (χ3n) is 1.31. The molecule has 0 atom stereocenters. The molecule has 0 bridgehead atoms. The van der Waals surface area contributed by atoms with Gasteiger partial charge in [-0.3, -0.25) is 0 Å². The molecule has 0 nitrogen and oxygen atoms in total. The normalized spacial score (nSPS) is 17.2. The minimum absolute atomic E-state index is 1.26. The molecule has 0 aromatic heterocycles. The van der Waals surface area contributed by atoms with Gasteiger partial charge in [-0.1, -0.05) is 32.0 Å². The topological polar surface area (TPSA) is 0 Å². The smallest absolute Gasteiger partial charge is 0.000703 e. The highest BCUT2D eigenvalue weighted by molar-refractivity contribution is 8.13. The van der Waals surface area contributed by atoms with Crippen molar-refractivity contribution >= 4 is 11.8 Å². The molecular weight excluding hydrogens is 116 g/mol. The van der Waals surface area contributed by atoms with Gasteiger partial charge >= 0.3 is 0 Å². The van der Waals surface area contributed by atoms with Crippen LogP contribution in [0, 0.1) is 0 Å². The van der Waals surface area contributed by atoms with Gasteiger partial charge in [-0.05, 0) is 22.7 Å². The van der Waals surface area contributed by atoms with Crippen LogP contribution in [0.5, 0.6) is 0 Å². The van der Waals surface area contributed by atoms with Crippen molar-refractivity contribution in [1.82, 2.24) is 0 Å². The first-order valence-corrected chi connectivity index (χ1v) is 4.10. The molecule has 1 aliphatic heterocycles. The quantitative estimate of drug-likeness (QED) is 0.562. The van der Waals surface area contributed by atoms with E-state index in [4.69, 9.17) is 0 Å². The lowest BCUT2D eigenvalue weighted by atomic mass is 10.3. The minimum atomic E-state index is 1.26. The van der Waals surface area contributed by atoms with Crippen molar-refractivity contribution in [3.05, 3.63) is 9.81 Å². The van der Waals surface area contributed by atoms with Gasteiger partial charge < -0.3 is 0 Å². The van der Waals surface area contributed by atoms with Crippen molar-refractivity contribution in [1.29, 1.82) is 0 Å². The summed E-state index contributed by atoms with van der Waals surface area (Å²) in [6.45, 7) is 4.46.